The van der Waals surface area contributed by atoms with E-state index in [1.165, 1.54) is 12.1 Å². The van der Waals surface area contributed by atoms with Crippen LogP contribution < -0.4 is 5.73 Å². The summed E-state index contributed by atoms with van der Waals surface area (Å²) in [5, 5.41) is 0. The number of nitrogens with zero attached hydrogens (tertiary/aromatic N) is 4. The Labute approximate surface area is 180 Å². The lowest BCUT2D eigenvalue weighted by Crippen LogP contribution is -2.51. The van der Waals surface area contributed by atoms with Crippen LogP contribution in [0.4, 0.5) is 10.1 Å². The van der Waals surface area contributed by atoms with Crippen LogP contribution in [-0.4, -0.2) is 46.0 Å². The number of amides is 1. The van der Waals surface area contributed by atoms with E-state index < -0.39 is 0 Å². The molecule has 3 heterocycles. The first-order valence-corrected chi connectivity index (χ1v) is 10.1. The average Bonchev–Trinajstić information content (AvgIpc) is 2.74. The van der Waals surface area contributed by atoms with Gasteiger partial charge in [0.1, 0.15) is 11.6 Å². The van der Waals surface area contributed by atoms with Gasteiger partial charge in [-0.3, -0.25) is 9.78 Å². The van der Waals surface area contributed by atoms with Gasteiger partial charge in [-0.2, -0.15) is 0 Å². The van der Waals surface area contributed by atoms with Crippen LogP contribution in [0.25, 0.3) is 11.3 Å². The molecule has 0 saturated carbocycles. The molecule has 1 aliphatic rings. The van der Waals surface area contributed by atoms with Gasteiger partial charge in [0, 0.05) is 56.1 Å². The topological polar surface area (TPSA) is 94.2 Å². The Balaban J connectivity index is 1.33. The highest BCUT2D eigenvalue weighted by atomic mass is 19.1. The number of aromatic nitrogens is 3. The lowest BCUT2D eigenvalue weighted by molar-refractivity contribution is -0.136. The number of pyridine rings is 1. The smallest absolute Gasteiger partial charge is 0.228 e. The number of carbonyl (C=O) groups excluding carboxylic acids is 1. The second-order valence-electron chi connectivity index (χ2n) is 7.73. The standard InChI is InChI=1S/C23H24FN5O2/c1-31-14-16-10-26-22(27-11-16)8-15-12-29(13-15)23(30)9-21-19(25)6-7-20(28-21)17-2-4-18(24)5-3-17/h2-7,10-11,15H,8-9,12-14,25H2,1H3. The third-order valence-electron chi connectivity index (χ3n) is 5.32. The molecule has 1 aromatic carbocycles. The fraction of sp³-hybridized carbons (Fsp3) is 0.304. The van der Waals surface area contributed by atoms with Crippen molar-refractivity contribution in [1.82, 2.24) is 19.9 Å². The van der Waals surface area contributed by atoms with Crippen LogP contribution in [0, 0.1) is 11.7 Å². The van der Waals surface area contributed by atoms with Gasteiger partial charge in [-0.15, -0.1) is 0 Å². The summed E-state index contributed by atoms with van der Waals surface area (Å²) in [4.78, 5) is 27.8. The Bertz CT molecular complexity index is 1050. The highest BCUT2D eigenvalue weighted by Crippen LogP contribution is 2.24. The first kappa shape index (κ1) is 20.9. The number of benzene rings is 1. The van der Waals surface area contributed by atoms with E-state index in [-0.39, 0.29) is 18.1 Å². The quantitative estimate of drug-likeness (QED) is 0.630. The van der Waals surface area contributed by atoms with Crippen molar-refractivity contribution in [1.29, 1.82) is 0 Å². The first-order valence-electron chi connectivity index (χ1n) is 10.1. The number of methoxy groups -OCH3 is 1. The number of carbonyl (C=O) groups is 1. The van der Waals surface area contributed by atoms with Crippen LogP contribution in [0.5, 0.6) is 0 Å². The number of anilines is 1. The van der Waals surface area contributed by atoms with Crippen molar-refractivity contribution in [2.24, 2.45) is 5.92 Å². The second kappa shape index (κ2) is 9.18. The van der Waals surface area contributed by atoms with Crippen molar-refractivity contribution in [2.75, 3.05) is 25.9 Å². The van der Waals surface area contributed by atoms with Crippen molar-refractivity contribution in [2.45, 2.75) is 19.4 Å². The highest BCUT2D eigenvalue weighted by Gasteiger charge is 2.31. The Hall–Kier alpha value is -3.39. The van der Waals surface area contributed by atoms with Gasteiger partial charge in [-0.1, -0.05) is 0 Å². The minimum atomic E-state index is -0.307. The summed E-state index contributed by atoms with van der Waals surface area (Å²) in [6, 6.07) is 9.58. The first-order chi connectivity index (χ1) is 15.0. The number of hydrogen-bond donors (Lipinski definition) is 1. The molecule has 0 aliphatic carbocycles. The van der Waals surface area contributed by atoms with Gasteiger partial charge >= 0.3 is 0 Å². The van der Waals surface area contributed by atoms with Crippen molar-refractivity contribution in [3.8, 4) is 11.3 Å². The number of ether oxygens (including phenoxy) is 1. The van der Waals surface area contributed by atoms with Crippen molar-refractivity contribution < 1.29 is 13.9 Å². The van der Waals surface area contributed by atoms with Gasteiger partial charge in [0.15, 0.2) is 0 Å². The van der Waals surface area contributed by atoms with Gasteiger partial charge in [0.25, 0.3) is 0 Å². The number of nitrogen functional groups attached to an aromatic ring is 1. The lowest BCUT2D eigenvalue weighted by atomic mass is 9.95. The summed E-state index contributed by atoms with van der Waals surface area (Å²) < 4.78 is 18.2. The SMILES string of the molecule is COCc1cnc(CC2CN(C(=O)Cc3nc(-c4ccc(F)cc4)ccc3N)C2)nc1. The zero-order valence-corrected chi connectivity index (χ0v) is 17.3. The summed E-state index contributed by atoms with van der Waals surface area (Å²) >= 11 is 0. The zero-order valence-electron chi connectivity index (χ0n) is 17.3. The van der Waals surface area contributed by atoms with Gasteiger partial charge in [0.05, 0.1) is 30.1 Å². The van der Waals surface area contributed by atoms with E-state index in [0.29, 0.717) is 42.7 Å². The normalized spacial score (nSPS) is 13.8. The molecule has 7 nitrogen and oxygen atoms in total. The summed E-state index contributed by atoms with van der Waals surface area (Å²) in [6.45, 7) is 1.82. The maximum absolute atomic E-state index is 13.2. The third kappa shape index (κ3) is 5.03. The molecular weight excluding hydrogens is 397 g/mol. The molecule has 0 atom stereocenters. The fourth-order valence-electron chi connectivity index (χ4n) is 3.58. The summed E-state index contributed by atoms with van der Waals surface area (Å²) in [5.74, 6) is 0.796. The molecule has 1 amide bonds. The number of rotatable bonds is 7. The zero-order chi connectivity index (χ0) is 21.8. The summed E-state index contributed by atoms with van der Waals surface area (Å²) in [5.41, 5.74) is 9.42. The monoisotopic (exact) mass is 421 g/mol. The predicted octanol–water partition coefficient (Wildman–Crippen LogP) is 2.65. The van der Waals surface area contributed by atoms with E-state index >= 15 is 0 Å². The van der Waals surface area contributed by atoms with Crippen molar-refractivity contribution >= 4 is 11.6 Å². The predicted molar refractivity (Wildman–Crippen MR) is 114 cm³/mol. The molecule has 2 aromatic heterocycles. The Kier molecular flexibility index (Phi) is 6.18. The van der Waals surface area contributed by atoms with Crippen LogP contribution in [0.2, 0.25) is 0 Å². The van der Waals surface area contributed by atoms with E-state index in [1.807, 2.05) is 0 Å². The summed E-state index contributed by atoms with van der Waals surface area (Å²) in [7, 11) is 1.63. The van der Waals surface area contributed by atoms with Crippen LogP contribution in [-0.2, 0) is 29.0 Å². The second-order valence-corrected chi connectivity index (χ2v) is 7.73. The largest absolute Gasteiger partial charge is 0.397 e. The number of likely N-dealkylation sites (tertiary alicyclic amines) is 1. The van der Waals surface area contributed by atoms with Crippen molar-refractivity contribution in [3.05, 3.63) is 71.7 Å². The van der Waals surface area contributed by atoms with E-state index in [2.05, 4.69) is 15.0 Å². The van der Waals surface area contributed by atoms with Gasteiger partial charge in [-0.05, 0) is 36.4 Å². The maximum Gasteiger partial charge on any atom is 0.228 e. The molecule has 1 fully saturated rings. The molecule has 8 heteroatoms. The molecule has 3 aromatic rings. The molecule has 0 bridgehead atoms. The van der Waals surface area contributed by atoms with E-state index in [0.717, 1.165) is 23.4 Å². The molecule has 2 N–H and O–H groups in total. The highest BCUT2D eigenvalue weighted by molar-refractivity contribution is 5.81. The van der Waals surface area contributed by atoms with Crippen molar-refractivity contribution in [3.63, 3.8) is 0 Å². The van der Waals surface area contributed by atoms with E-state index in [1.54, 1.807) is 48.7 Å². The van der Waals surface area contributed by atoms with Crippen LogP contribution >= 0.6 is 0 Å². The Morgan fingerprint density at radius 3 is 2.55 bits per heavy atom. The summed E-state index contributed by atoms with van der Waals surface area (Å²) in [6.07, 6.45) is 4.42. The molecule has 0 radical (unpaired) electrons. The Morgan fingerprint density at radius 1 is 1.16 bits per heavy atom. The minimum Gasteiger partial charge on any atom is -0.397 e. The molecular formula is C23H24FN5O2. The van der Waals surface area contributed by atoms with Crippen LogP contribution in [0.1, 0.15) is 17.1 Å². The minimum absolute atomic E-state index is 0.0110. The van der Waals surface area contributed by atoms with Crippen LogP contribution in [0.15, 0.2) is 48.8 Å². The number of halogens is 1. The van der Waals surface area contributed by atoms with Gasteiger partial charge < -0.3 is 15.4 Å². The van der Waals surface area contributed by atoms with Crippen LogP contribution in [0.3, 0.4) is 0 Å². The number of nitrogens with two attached hydrogens (primary N) is 1. The van der Waals surface area contributed by atoms with E-state index in [4.69, 9.17) is 10.5 Å². The molecule has 0 unspecified atom stereocenters. The third-order valence-corrected chi connectivity index (χ3v) is 5.32. The molecule has 1 saturated heterocycles. The maximum atomic E-state index is 13.2. The average molecular weight is 421 g/mol. The Morgan fingerprint density at radius 2 is 1.87 bits per heavy atom. The molecule has 0 spiro atoms. The molecule has 1 aliphatic heterocycles. The lowest BCUT2D eigenvalue weighted by Gasteiger charge is -2.39. The van der Waals surface area contributed by atoms with Gasteiger partial charge in [0.2, 0.25) is 5.91 Å². The van der Waals surface area contributed by atoms with Gasteiger partial charge in [-0.25, -0.2) is 14.4 Å². The molecule has 4 rings (SSSR count). The molecule has 160 valence electrons. The number of hydrogen-bond acceptors (Lipinski definition) is 6. The fourth-order valence-corrected chi connectivity index (χ4v) is 3.58. The van der Waals surface area contributed by atoms with E-state index in [9.17, 15) is 9.18 Å². The molecule has 31 heavy (non-hydrogen) atoms.